The quantitative estimate of drug-likeness (QED) is 0.475. The number of nitrogens with one attached hydrogen (secondary N) is 2. The van der Waals surface area contributed by atoms with Gasteiger partial charge in [0.15, 0.2) is 5.11 Å². The first-order valence-corrected chi connectivity index (χ1v) is 7.34. The number of thiocarbonyl (C=S) groups is 1. The molecule has 1 fully saturated rings. The van der Waals surface area contributed by atoms with E-state index in [1.807, 2.05) is 0 Å². The fourth-order valence-corrected chi connectivity index (χ4v) is 2.78. The molecule has 4 N–H and O–H groups in total. The second-order valence-electron chi connectivity index (χ2n) is 5.16. The van der Waals surface area contributed by atoms with Crippen molar-refractivity contribution in [3.8, 4) is 5.75 Å². The number of hydrogen-bond acceptors (Lipinski definition) is 5. The third-order valence-electron chi connectivity index (χ3n) is 3.60. The van der Waals surface area contributed by atoms with Gasteiger partial charge >= 0.3 is 12.1 Å². The minimum absolute atomic E-state index is 0.103. The van der Waals surface area contributed by atoms with Crippen LogP contribution in [0.4, 0.5) is 13.2 Å². The molecule has 3 atom stereocenters. The van der Waals surface area contributed by atoms with Crippen molar-refractivity contribution < 1.29 is 32.9 Å². The van der Waals surface area contributed by atoms with Gasteiger partial charge in [0.2, 0.25) is 0 Å². The van der Waals surface area contributed by atoms with Crippen molar-refractivity contribution in [1.29, 1.82) is 0 Å². The predicted molar refractivity (Wildman–Crippen MR) is 80.8 cm³/mol. The van der Waals surface area contributed by atoms with E-state index >= 15 is 0 Å². The van der Waals surface area contributed by atoms with Crippen LogP contribution >= 0.6 is 12.2 Å². The molecule has 1 aliphatic heterocycles. The Hall–Kier alpha value is -2.07. The molecule has 0 radical (unpaired) electrons. The average Bonchev–Trinajstić information content (AvgIpc) is 2.46. The number of esters is 1. The van der Waals surface area contributed by atoms with Gasteiger partial charge in [-0.3, -0.25) is 4.79 Å². The first kappa shape index (κ1) is 18.3. The Labute approximate surface area is 140 Å². The average molecular weight is 364 g/mol. The molecular weight excluding hydrogens is 349 g/mol. The monoisotopic (exact) mass is 364 g/mol. The van der Waals surface area contributed by atoms with Gasteiger partial charge in [-0.05, 0) is 36.8 Å². The number of benzene rings is 1. The van der Waals surface area contributed by atoms with Crippen LogP contribution in [0.1, 0.15) is 18.5 Å². The predicted octanol–water partition coefficient (Wildman–Crippen LogP) is 1.34. The third kappa shape index (κ3) is 3.24. The third-order valence-corrected chi connectivity index (χ3v) is 3.82. The number of carbonyl (C=O) groups excluding carboxylic acids is 1. The van der Waals surface area contributed by atoms with Crippen LogP contribution in [0.5, 0.6) is 5.75 Å². The second kappa shape index (κ2) is 6.44. The molecule has 0 saturated carbocycles. The van der Waals surface area contributed by atoms with Gasteiger partial charge in [-0.1, -0.05) is 12.1 Å². The molecule has 2 rings (SSSR count). The molecule has 1 aliphatic rings. The van der Waals surface area contributed by atoms with Crippen LogP contribution in [-0.2, 0) is 9.53 Å². The molecule has 0 amide bonds. The number of phenols is 1. The van der Waals surface area contributed by atoms with Crippen LogP contribution in [0, 0.1) is 5.92 Å². The fourth-order valence-electron chi connectivity index (χ4n) is 2.50. The number of carbonyl (C=O) groups is 1. The van der Waals surface area contributed by atoms with E-state index in [-0.39, 0.29) is 17.9 Å². The van der Waals surface area contributed by atoms with E-state index in [4.69, 9.17) is 17.0 Å². The fraction of sp³-hybridized carbons (Fsp3) is 0.429. The van der Waals surface area contributed by atoms with Crippen molar-refractivity contribution in [2.75, 3.05) is 6.61 Å². The summed E-state index contributed by atoms with van der Waals surface area (Å²) in [5.41, 5.74) is -3.37. The maximum atomic E-state index is 13.5. The molecule has 24 heavy (non-hydrogen) atoms. The highest BCUT2D eigenvalue weighted by molar-refractivity contribution is 7.80. The second-order valence-corrected chi connectivity index (χ2v) is 5.57. The van der Waals surface area contributed by atoms with E-state index < -0.39 is 34.9 Å². The van der Waals surface area contributed by atoms with Crippen LogP contribution in [0.25, 0.3) is 0 Å². The minimum Gasteiger partial charge on any atom is -0.508 e. The lowest BCUT2D eigenvalue weighted by Gasteiger charge is -2.45. The number of phenolic OH excluding ortho intramolecular Hbond substituents is 1. The van der Waals surface area contributed by atoms with Crippen molar-refractivity contribution in [1.82, 2.24) is 10.6 Å². The van der Waals surface area contributed by atoms with Gasteiger partial charge in [-0.15, -0.1) is 0 Å². The van der Waals surface area contributed by atoms with Crippen molar-refractivity contribution in [3.63, 3.8) is 0 Å². The lowest BCUT2D eigenvalue weighted by Crippen LogP contribution is -2.73. The van der Waals surface area contributed by atoms with Crippen molar-refractivity contribution in [3.05, 3.63) is 29.8 Å². The number of hydrogen-bond donors (Lipinski definition) is 4. The van der Waals surface area contributed by atoms with E-state index in [1.165, 1.54) is 31.2 Å². The van der Waals surface area contributed by atoms with Gasteiger partial charge in [0.05, 0.1) is 12.6 Å². The van der Waals surface area contributed by atoms with Crippen LogP contribution in [0.15, 0.2) is 24.3 Å². The molecule has 1 aromatic rings. The Morgan fingerprint density at radius 3 is 2.46 bits per heavy atom. The van der Waals surface area contributed by atoms with E-state index in [1.54, 1.807) is 5.32 Å². The number of ether oxygens (including phenoxy) is 1. The molecule has 0 spiro atoms. The Morgan fingerprint density at radius 2 is 1.96 bits per heavy atom. The standard InChI is InChI=1S/C14H15F3N2O4S/c1-2-23-11(21)9-10(7-3-5-8(20)6-4-7)18-12(24)19-13(9,22)14(15,16)17/h3-6,9-10,20,22H,2H2,1H3,(H2,18,19,24). The summed E-state index contributed by atoms with van der Waals surface area (Å²) in [6, 6.07) is 3.84. The van der Waals surface area contributed by atoms with E-state index in [9.17, 15) is 28.2 Å². The minimum atomic E-state index is -5.19. The summed E-state index contributed by atoms with van der Waals surface area (Å²) in [4.78, 5) is 12.2. The summed E-state index contributed by atoms with van der Waals surface area (Å²) < 4.78 is 45.1. The Morgan fingerprint density at radius 1 is 1.38 bits per heavy atom. The zero-order valence-corrected chi connectivity index (χ0v) is 13.2. The van der Waals surface area contributed by atoms with E-state index in [0.29, 0.717) is 0 Å². The highest BCUT2D eigenvalue weighted by Crippen LogP contribution is 2.43. The lowest BCUT2D eigenvalue weighted by atomic mass is 9.82. The molecule has 0 aromatic heterocycles. The van der Waals surface area contributed by atoms with Crippen LogP contribution in [0.3, 0.4) is 0 Å². The summed E-state index contributed by atoms with van der Waals surface area (Å²) in [6.45, 7) is 1.28. The van der Waals surface area contributed by atoms with Crippen molar-refractivity contribution in [2.24, 2.45) is 5.92 Å². The summed E-state index contributed by atoms with van der Waals surface area (Å²) in [5.74, 6) is -3.39. The molecule has 0 aliphatic carbocycles. The molecule has 10 heteroatoms. The molecule has 1 saturated heterocycles. The normalized spacial score (nSPS) is 27.1. The first-order chi connectivity index (χ1) is 11.1. The Kier molecular flexibility index (Phi) is 4.90. The van der Waals surface area contributed by atoms with Crippen LogP contribution < -0.4 is 10.6 Å². The maximum Gasteiger partial charge on any atom is 0.437 e. The van der Waals surface area contributed by atoms with Gasteiger partial charge in [0, 0.05) is 0 Å². The number of halogens is 3. The molecule has 132 valence electrons. The number of aliphatic hydroxyl groups is 1. The summed E-state index contributed by atoms with van der Waals surface area (Å²) in [7, 11) is 0. The topological polar surface area (TPSA) is 90.8 Å². The zero-order valence-electron chi connectivity index (χ0n) is 12.4. The number of aromatic hydroxyl groups is 1. The zero-order chi connectivity index (χ0) is 18.1. The van der Waals surface area contributed by atoms with E-state index in [2.05, 4.69) is 5.32 Å². The molecule has 1 heterocycles. The molecule has 1 aromatic carbocycles. The van der Waals surface area contributed by atoms with E-state index in [0.717, 1.165) is 0 Å². The highest BCUT2D eigenvalue weighted by Gasteiger charge is 2.66. The maximum absolute atomic E-state index is 13.5. The Bertz CT molecular complexity index is 638. The summed E-state index contributed by atoms with van der Waals surface area (Å²) in [6.07, 6.45) is -5.19. The van der Waals surface area contributed by atoms with Crippen LogP contribution in [-0.4, -0.2) is 39.8 Å². The Balaban J connectivity index is 2.55. The van der Waals surface area contributed by atoms with Gasteiger partial charge in [0.1, 0.15) is 11.7 Å². The van der Waals surface area contributed by atoms with Gasteiger partial charge in [0.25, 0.3) is 5.72 Å². The number of alkyl halides is 3. The number of rotatable bonds is 3. The lowest BCUT2D eigenvalue weighted by molar-refractivity contribution is -0.292. The van der Waals surface area contributed by atoms with Crippen molar-refractivity contribution >= 4 is 23.3 Å². The molecule has 0 bridgehead atoms. The molecule has 3 unspecified atom stereocenters. The first-order valence-electron chi connectivity index (χ1n) is 6.93. The molecule has 6 nitrogen and oxygen atoms in total. The summed E-state index contributed by atoms with van der Waals surface area (Å²) in [5, 5.41) is 23.3. The van der Waals surface area contributed by atoms with Crippen molar-refractivity contribution in [2.45, 2.75) is 24.9 Å². The smallest absolute Gasteiger partial charge is 0.437 e. The molecular formula is C14H15F3N2O4S. The van der Waals surface area contributed by atoms with Gasteiger partial charge in [-0.2, -0.15) is 13.2 Å². The van der Waals surface area contributed by atoms with Gasteiger partial charge in [-0.25, -0.2) is 0 Å². The summed E-state index contributed by atoms with van der Waals surface area (Å²) >= 11 is 4.75. The van der Waals surface area contributed by atoms with Crippen LogP contribution in [0.2, 0.25) is 0 Å². The highest BCUT2D eigenvalue weighted by atomic mass is 32.1. The van der Waals surface area contributed by atoms with Gasteiger partial charge < -0.3 is 25.6 Å². The SMILES string of the molecule is CCOC(=O)C1C(c2ccc(O)cc2)NC(=S)NC1(O)C(F)(F)F. The largest absolute Gasteiger partial charge is 0.508 e.